The molecule has 8 nitrogen and oxygen atoms in total. The van der Waals surface area contributed by atoms with Gasteiger partial charge in [-0.25, -0.2) is 0 Å². The lowest BCUT2D eigenvalue weighted by atomic mass is 9.89. The summed E-state index contributed by atoms with van der Waals surface area (Å²) in [6.45, 7) is 5.49. The Morgan fingerprint density at radius 3 is 2.29 bits per heavy atom. The number of carbonyl (C=O) groups is 2. The summed E-state index contributed by atoms with van der Waals surface area (Å²) in [5.41, 5.74) is 4.16. The minimum atomic E-state index is -0.458. The third-order valence-electron chi connectivity index (χ3n) is 8.42. The Hall–Kier alpha value is -4.46. The van der Waals surface area contributed by atoms with E-state index in [2.05, 4.69) is 47.5 Å². The molecule has 0 bridgehead atoms. The van der Waals surface area contributed by atoms with E-state index in [0.29, 0.717) is 28.7 Å². The van der Waals surface area contributed by atoms with E-state index in [9.17, 15) is 19.7 Å². The van der Waals surface area contributed by atoms with Crippen LogP contribution < -0.4 is 10.2 Å². The van der Waals surface area contributed by atoms with Crippen LogP contribution in [0.15, 0.2) is 78.9 Å². The number of benzene rings is 3. The van der Waals surface area contributed by atoms with Gasteiger partial charge in [-0.05, 0) is 91.5 Å². The standard InChI is InChI=1S/C34H38N4O4/c1-25-15-19-37(20-16-25)34(40)31-24-29(35-33(39)14-9-26-7-11-30(12-8-26)38(41)42)10-13-32(31)36-21-17-28(18-22-36)23-27-5-3-2-4-6-27/h2-14,24-25,28H,15-23H2,1H3,(H,35,39). The highest BCUT2D eigenvalue weighted by Gasteiger charge is 2.27. The van der Waals surface area contributed by atoms with Crippen LogP contribution in [0.5, 0.6) is 0 Å². The SMILES string of the molecule is CC1CCN(C(=O)c2cc(NC(=O)C=Cc3ccc([N+](=O)[O-])cc3)ccc2N2CCC(Cc3ccccc3)CC2)CC1. The van der Waals surface area contributed by atoms with Crippen molar-refractivity contribution in [2.45, 2.75) is 39.0 Å². The summed E-state index contributed by atoms with van der Waals surface area (Å²) >= 11 is 0. The highest BCUT2D eigenvalue weighted by Crippen LogP contribution is 2.32. The van der Waals surface area contributed by atoms with E-state index in [-0.39, 0.29) is 17.5 Å². The minimum absolute atomic E-state index is 0.00234. The first-order valence-corrected chi connectivity index (χ1v) is 14.8. The van der Waals surface area contributed by atoms with Gasteiger partial charge in [0.25, 0.3) is 11.6 Å². The van der Waals surface area contributed by atoms with Crippen LogP contribution in [0, 0.1) is 22.0 Å². The highest BCUT2D eigenvalue weighted by molar-refractivity contribution is 6.05. The maximum Gasteiger partial charge on any atom is 0.269 e. The predicted octanol–water partition coefficient (Wildman–Crippen LogP) is 6.58. The molecule has 0 saturated carbocycles. The van der Waals surface area contributed by atoms with Gasteiger partial charge >= 0.3 is 0 Å². The molecule has 3 aromatic rings. The second kappa shape index (κ2) is 13.5. The number of nitrogens with one attached hydrogen (secondary N) is 1. The predicted molar refractivity (Wildman–Crippen MR) is 167 cm³/mol. The number of anilines is 2. The summed E-state index contributed by atoms with van der Waals surface area (Å²) < 4.78 is 0. The van der Waals surface area contributed by atoms with Crippen molar-refractivity contribution in [3.05, 3.63) is 106 Å². The molecule has 0 spiro atoms. The Labute approximate surface area is 247 Å². The third-order valence-corrected chi connectivity index (χ3v) is 8.42. The van der Waals surface area contributed by atoms with Crippen LogP contribution >= 0.6 is 0 Å². The van der Waals surface area contributed by atoms with Gasteiger partial charge in [0.2, 0.25) is 5.91 Å². The van der Waals surface area contributed by atoms with Gasteiger partial charge in [-0.15, -0.1) is 0 Å². The normalized spacial score (nSPS) is 16.5. The van der Waals surface area contributed by atoms with Crippen LogP contribution in [0.2, 0.25) is 0 Å². The summed E-state index contributed by atoms with van der Waals surface area (Å²) in [6.07, 6.45) is 8.19. The van der Waals surface area contributed by atoms with E-state index in [4.69, 9.17) is 0 Å². The van der Waals surface area contributed by atoms with Gasteiger partial charge in [0.1, 0.15) is 0 Å². The summed E-state index contributed by atoms with van der Waals surface area (Å²) in [7, 11) is 0. The van der Waals surface area contributed by atoms with Crippen molar-refractivity contribution in [1.82, 2.24) is 4.90 Å². The first-order chi connectivity index (χ1) is 20.4. The Bertz CT molecular complexity index is 1420. The summed E-state index contributed by atoms with van der Waals surface area (Å²) in [5.74, 6) is 0.909. The lowest BCUT2D eigenvalue weighted by Crippen LogP contribution is -2.40. The third kappa shape index (κ3) is 7.43. The molecule has 2 amide bonds. The topological polar surface area (TPSA) is 95.8 Å². The fraction of sp³-hybridized carbons (Fsp3) is 0.353. The maximum atomic E-state index is 13.8. The largest absolute Gasteiger partial charge is 0.371 e. The first-order valence-electron chi connectivity index (χ1n) is 14.8. The molecule has 0 atom stereocenters. The zero-order chi connectivity index (χ0) is 29.5. The van der Waals surface area contributed by atoms with Gasteiger partial charge in [-0.3, -0.25) is 19.7 Å². The van der Waals surface area contributed by atoms with Gasteiger partial charge in [0, 0.05) is 55.8 Å². The Morgan fingerprint density at radius 2 is 1.62 bits per heavy atom. The minimum Gasteiger partial charge on any atom is -0.371 e. The number of nitro groups is 1. The van der Waals surface area contributed by atoms with Crippen molar-refractivity contribution >= 4 is 35.0 Å². The molecule has 1 N–H and O–H groups in total. The molecule has 2 aliphatic rings. The van der Waals surface area contributed by atoms with Gasteiger partial charge < -0.3 is 15.1 Å². The molecule has 5 rings (SSSR count). The Morgan fingerprint density at radius 1 is 0.929 bits per heavy atom. The molecule has 2 saturated heterocycles. The fourth-order valence-electron chi connectivity index (χ4n) is 5.83. The summed E-state index contributed by atoms with van der Waals surface area (Å²) in [5, 5.41) is 13.8. The number of rotatable bonds is 8. The zero-order valence-corrected chi connectivity index (χ0v) is 24.1. The fourth-order valence-corrected chi connectivity index (χ4v) is 5.83. The van der Waals surface area contributed by atoms with Crippen LogP contribution in [0.25, 0.3) is 6.08 Å². The first kappa shape index (κ1) is 29.0. The lowest BCUT2D eigenvalue weighted by molar-refractivity contribution is -0.384. The maximum absolute atomic E-state index is 13.8. The molecule has 0 unspecified atom stereocenters. The summed E-state index contributed by atoms with van der Waals surface area (Å²) in [6, 6.07) is 22.2. The van der Waals surface area contributed by atoms with E-state index < -0.39 is 4.92 Å². The Balaban J connectivity index is 1.30. The van der Waals surface area contributed by atoms with E-state index in [1.807, 2.05) is 23.1 Å². The van der Waals surface area contributed by atoms with E-state index in [1.165, 1.54) is 23.8 Å². The summed E-state index contributed by atoms with van der Waals surface area (Å²) in [4.78, 5) is 41.2. The number of hydrogen-bond acceptors (Lipinski definition) is 5. The number of nitrogens with zero attached hydrogens (tertiary/aromatic N) is 3. The molecule has 0 aromatic heterocycles. The van der Waals surface area contributed by atoms with E-state index >= 15 is 0 Å². The molecule has 0 aliphatic carbocycles. The molecule has 42 heavy (non-hydrogen) atoms. The Kier molecular flexibility index (Phi) is 9.31. The zero-order valence-electron chi connectivity index (χ0n) is 24.1. The molecule has 8 heteroatoms. The molecule has 3 aromatic carbocycles. The molecule has 2 fully saturated rings. The molecule has 218 valence electrons. The molecule has 2 heterocycles. The van der Waals surface area contributed by atoms with Gasteiger partial charge in [0.05, 0.1) is 10.5 Å². The number of nitro benzene ring substituents is 1. The van der Waals surface area contributed by atoms with Crippen molar-refractivity contribution < 1.29 is 14.5 Å². The number of amides is 2. The van der Waals surface area contributed by atoms with Crippen molar-refractivity contribution in [1.29, 1.82) is 0 Å². The number of carbonyl (C=O) groups excluding carboxylic acids is 2. The van der Waals surface area contributed by atoms with Gasteiger partial charge in [-0.1, -0.05) is 37.3 Å². The van der Waals surface area contributed by atoms with Crippen molar-refractivity contribution in [3.8, 4) is 0 Å². The van der Waals surface area contributed by atoms with Crippen LogP contribution in [0.4, 0.5) is 17.1 Å². The van der Waals surface area contributed by atoms with Crippen LogP contribution in [-0.2, 0) is 11.2 Å². The van der Waals surface area contributed by atoms with Gasteiger partial charge in [-0.2, -0.15) is 0 Å². The van der Waals surface area contributed by atoms with Crippen molar-refractivity contribution in [2.24, 2.45) is 11.8 Å². The van der Waals surface area contributed by atoms with Crippen molar-refractivity contribution in [3.63, 3.8) is 0 Å². The average Bonchev–Trinajstić information content (AvgIpc) is 3.01. The lowest BCUT2D eigenvalue weighted by Gasteiger charge is -2.36. The average molecular weight is 567 g/mol. The van der Waals surface area contributed by atoms with E-state index in [0.717, 1.165) is 64.0 Å². The second-order valence-electron chi connectivity index (χ2n) is 11.5. The number of piperidine rings is 2. The molecular weight excluding hydrogens is 528 g/mol. The molecule has 0 radical (unpaired) electrons. The van der Waals surface area contributed by atoms with Crippen LogP contribution in [0.3, 0.4) is 0 Å². The second-order valence-corrected chi connectivity index (χ2v) is 11.5. The quantitative estimate of drug-likeness (QED) is 0.189. The van der Waals surface area contributed by atoms with Gasteiger partial charge in [0.15, 0.2) is 0 Å². The van der Waals surface area contributed by atoms with E-state index in [1.54, 1.807) is 18.2 Å². The molecule has 2 aliphatic heterocycles. The monoisotopic (exact) mass is 566 g/mol. The smallest absolute Gasteiger partial charge is 0.269 e. The number of likely N-dealkylation sites (tertiary alicyclic amines) is 1. The van der Waals surface area contributed by atoms with Crippen LogP contribution in [-0.4, -0.2) is 47.8 Å². The number of hydrogen-bond donors (Lipinski definition) is 1. The van der Waals surface area contributed by atoms with Crippen LogP contribution in [0.1, 0.15) is 54.1 Å². The molecular formula is C34H38N4O4. The highest BCUT2D eigenvalue weighted by atomic mass is 16.6. The number of non-ortho nitro benzene ring substituents is 1. The van der Waals surface area contributed by atoms with Crippen molar-refractivity contribution in [2.75, 3.05) is 36.4 Å².